The minimum absolute atomic E-state index is 0.157. The van der Waals surface area contributed by atoms with E-state index in [1.165, 1.54) is 0 Å². The molecule has 4 nitrogen and oxygen atoms in total. The third kappa shape index (κ3) is 2.71. The van der Waals surface area contributed by atoms with E-state index in [1.807, 2.05) is 25.3 Å². The average Bonchev–Trinajstić information content (AvgIpc) is 2.88. The van der Waals surface area contributed by atoms with Crippen LogP contribution >= 0.6 is 15.9 Å². The van der Waals surface area contributed by atoms with Crippen molar-refractivity contribution in [2.45, 2.75) is 37.8 Å². The minimum atomic E-state index is -0.638. The number of hydrogen-bond donors (Lipinski definition) is 1. The maximum Gasteiger partial charge on any atom is 0.128 e. The number of aromatic nitrogens is 1. The number of pyridine rings is 1. The molecule has 2 aliphatic rings. The fourth-order valence-corrected chi connectivity index (χ4v) is 3.65. The summed E-state index contributed by atoms with van der Waals surface area (Å²) in [5.41, 5.74) is -0.638. The van der Waals surface area contributed by atoms with E-state index in [1.54, 1.807) is 0 Å². The van der Waals surface area contributed by atoms with Crippen molar-refractivity contribution >= 4 is 21.7 Å². The number of aliphatic hydroxyl groups is 1. The molecule has 20 heavy (non-hydrogen) atoms. The number of ether oxygens (including phenoxy) is 1. The van der Waals surface area contributed by atoms with Crippen molar-refractivity contribution in [2.75, 3.05) is 24.7 Å². The van der Waals surface area contributed by atoms with Crippen molar-refractivity contribution in [1.82, 2.24) is 4.98 Å². The molecule has 2 fully saturated rings. The first kappa shape index (κ1) is 14.3. The molecule has 0 radical (unpaired) electrons. The van der Waals surface area contributed by atoms with Crippen LogP contribution in [-0.4, -0.2) is 41.5 Å². The fourth-order valence-electron chi connectivity index (χ4n) is 3.41. The highest BCUT2D eigenvalue weighted by Crippen LogP contribution is 2.37. The summed E-state index contributed by atoms with van der Waals surface area (Å²) < 4.78 is 6.61. The lowest BCUT2D eigenvalue weighted by Crippen LogP contribution is -2.52. The third-order valence-electron chi connectivity index (χ3n) is 4.62. The molecule has 0 saturated carbocycles. The lowest BCUT2D eigenvalue weighted by atomic mass is 9.79. The van der Waals surface area contributed by atoms with Gasteiger partial charge in [0, 0.05) is 35.8 Å². The zero-order valence-electron chi connectivity index (χ0n) is 11.8. The second kappa shape index (κ2) is 5.62. The Kier molecular flexibility index (Phi) is 4.02. The van der Waals surface area contributed by atoms with E-state index in [0.717, 1.165) is 36.1 Å². The largest absolute Gasteiger partial charge is 0.390 e. The van der Waals surface area contributed by atoms with Gasteiger partial charge in [-0.25, -0.2) is 4.98 Å². The molecule has 0 spiro atoms. The predicted octanol–water partition coefficient (Wildman–Crippen LogP) is 2.60. The van der Waals surface area contributed by atoms with Crippen molar-refractivity contribution in [3.05, 3.63) is 22.8 Å². The maximum atomic E-state index is 10.7. The van der Waals surface area contributed by atoms with Gasteiger partial charge in [-0.05, 0) is 54.2 Å². The maximum absolute atomic E-state index is 10.7. The van der Waals surface area contributed by atoms with Gasteiger partial charge in [0.2, 0.25) is 0 Å². The Morgan fingerprint density at radius 1 is 1.50 bits per heavy atom. The molecular weight excluding hydrogens is 320 g/mol. The van der Waals surface area contributed by atoms with Gasteiger partial charge in [0.15, 0.2) is 0 Å². The first-order chi connectivity index (χ1) is 9.58. The Morgan fingerprint density at radius 2 is 2.35 bits per heavy atom. The highest BCUT2D eigenvalue weighted by atomic mass is 79.9. The van der Waals surface area contributed by atoms with Crippen LogP contribution < -0.4 is 4.90 Å². The Balaban J connectivity index is 1.83. The van der Waals surface area contributed by atoms with Crippen LogP contribution in [0.4, 0.5) is 5.82 Å². The Labute approximate surface area is 128 Å². The second-order valence-electron chi connectivity index (χ2n) is 6.03. The molecule has 110 valence electrons. The first-order valence-electron chi connectivity index (χ1n) is 7.26. The summed E-state index contributed by atoms with van der Waals surface area (Å²) in [7, 11) is 0. The van der Waals surface area contributed by atoms with Crippen LogP contribution in [0.25, 0.3) is 0 Å². The predicted molar refractivity (Wildman–Crippen MR) is 81.9 cm³/mol. The molecule has 3 atom stereocenters. The van der Waals surface area contributed by atoms with E-state index in [-0.39, 0.29) is 5.92 Å². The van der Waals surface area contributed by atoms with Crippen molar-refractivity contribution in [1.29, 1.82) is 0 Å². The standard InChI is InChI=1S/C15H21BrN2O2/c1-15(19)6-8-20-10-12(15)13-3-2-7-18(13)14-5-4-11(16)9-17-14/h4-5,9,12-13,19H,2-3,6-8,10H2,1H3/t12-,13-,15+/m1/s1. The molecule has 5 heteroatoms. The molecule has 1 aromatic rings. The number of halogens is 1. The Hall–Kier alpha value is -0.650. The van der Waals surface area contributed by atoms with Crippen molar-refractivity contribution in [3.8, 4) is 0 Å². The quantitative estimate of drug-likeness (QED) is 0.898. The molecule has 0 unspecified atom stereocenters. The molecule has 0 aromatic carbocycles. The third-order valence-corrected chi connectivity index (χ3v) is 5.09. The molecule has 3 heterocycles. The van der Waals surface area contributed by atoms with Gasteiger partial charge in [0.25, 0.3) is 0 Å². The summed E-state index contributed by atoms with van der Waals surface area (Å²) in [5.74, 6) is 1.15. The van der Waals surface area contributed by atoms with E-state index in [9.17, 15) is 5.11 Å². The summed E-state index contributed by atoms with van der Waals surface area (Å²) in [5, 5.41) is 10.7. The van der Waals surface area contributed by atoms with Crippen molar-refractivity contribution < 1.29 is 9.84 Å². The van der Waals surface area contributed by atoms with E-state index in [0.29, 0.717) is 19.3 Å². The number of rotatable bonds is 2. The topological polar surface area (TPSA) is 45.6 Å². The van der Waals surface area contributed by atoms with Gasteiger partial charge in [-0.1, -0.05) is 0 Å². The summed E-state index contributed by atoms with van der Waals surface area (Å²) in [4.78, 5) is 6.84. The summed E-state index contributed by atoms with van der Waals surface area (Å²) in [6.07, 6.45) is 4.80. The van der Waals surface area contributed by atoms with E-state index in [4.69, 9.17) is 4.74 Å². The monoisotopic (exact) mass is 340 g/mol. The molecule has 1 aromatic heterocycles. The van der Waals surface area contributed by atoms with E-state index >= 15 is 0 Å². The number of hydrogen-bond acceptors (Lipinski definition) is 4. The fraction of sp³-hybridized carbons (Fsp3) is 0.667. The Morgan fingerprint density at radius 3 is 3.05 bits per heavy atom. The van der Waals surface area contributed by atoms with Gasteiger partial charge in [0.05, 0.1) is 12.2 Å². The van der Waals surface area contributed by atoms with Crippen molar-refractivity contribution in [3.63, 3.8) is 0 Å². The van der Waals surface area contributed by atoms with Gasteiger partial charge in [-0.2, -0.15) is 0 Å². The first-order valence-corrected chi connectivity index (χ1v) is 8.05. The molecule has 2 aliphatic heterocycles. The van der Waals surface area contributed by atoms with E-state index < -0.39 is 5.60 Å². The summed E-state index contributed by atoms with van der Waals surface area (Å²) in [6, 6.07) is 4.38. The van der Waals surface area contributed by atoms with Crippen LogP contribution in [0.15, 0.2) is 22.8 Å². The average molecular weight is 341 g/mol. The second-order valence-corrected chi connectivity index (χ2v) is 6.94. The lowest BCUT2D eigenvalue weighted by molar-refractivity contribution is -0.108. The zero-order chi connectivity index (χ0) is 14.2. The van der Waals surface area contributed by atoms with Gasteiger partial charge in [-0.3, -0.25) is 0 Å². The SMILES string of the molecule is C[C@]1(O)CCOC[C@@H]1[C@H]1CCCN1c1ccc(Br)cn1. The summed E-state index contributed by atoms with van der Waals surface area (Å²) in [6.45, 7) is 4.26. The summed E-state index contributed by atoms with van der Waals surface area (Å²) >= 11 is 3.42. The molecule has 0 bridgehead atoms. The number of anilines is 1. The van der Waals surface area contributed by atoms with Crippen LogP contribution in [0.2, 0.25) is 0 Å². The zero-order valence-corrected chi connectivity index (χ0v) is 13.3. The van der Waals surface area contributed by atoms with E-state index in [2.05, 4.69) is 25.8 Å². The molecule has 3 rings (SSSR count). The number of nitrogens with zero attached hydrogens (tertiary/aromatic N) is 2. The lowest BCUT2D eigenvalue weighted by Gasteiger charge is -2.43. The molecule has 1 N–H and O–H groups in total. The van der Waals surface area contributed by atoms with Crippen LogP contribution in [0.5, 0.6) is 0 Å². The minimum Gasteiger partial charge on any atom is -0.390 e. The van der Waals surface area contributed by atoms with Gasteiger partial charge in [0.1, 0.15) is 5.82 Å². The van der Waals surface area contributed by atoms with Crippen LogP contribution in [0.1, 0.15) is 26.2 Å². The molecular formula is C15H21BrN2O2. The normalized spacial score (nSPS) is 34.5. The van der Waals surface area contributed by atoms with Crippen molar-refractivity contribution in [2.24, 2.45) is 5.92 Å². The smallest absolute Gasteiger partial charge is 0.128 e. The highest BCUT2D eigenvalue weighted by Gasteiger charge is 2.44. The van der Waals surface area contributed by atoms with Crippen LogP contribution in [0.3, 0.4) is 0 Å². The highest BCUT2D eigenvalue weighted by molar-refractivity contribution is 9.10. The van der Waals surface area contributed by atoms with Gasteiger partial charge < -0.3 is 14.7 Å². The van der Waals surface area contributed by atoms with Crippen LogP contribution in [-0.2, 0) is 4.74 Å². The molecule has 0 amide bonds. The van der Waals surface area contributed by atoms with Crippen LogP contribution in [0, 0.1) is 5.92 Å². The molecule has 2 saturated heterocycles. The Bertz CT molecular complexity index is 463. The van der Waals surface area contributed by atoms with Gasteiger partial charge >= 0.3 is 0 Å². The molecule has 0 aliphatic carbocycles. The van der Waals surface area contributed by atoms with Gasteiger partial charge in [-0.15, -0.1) is 0 Å².